The molecule has 7 heteroatoms. The number of methoxy groups -OCH3 is 1. The van der Waals surface area contributed by atoms with Crippen LogP contribution in [0.2, 0.25) is 0 Å². The first kappa shape index (κ1) is 20.1. The zero-order valence-corrected chi connectivity index (χ0v) is 16.1. The summed E-state index contributed by atoms with van der Waals surface area (Å²) in [5, 5.41) is 6.42. The Morgan fingerprint density at radius 3 is 2.75 bits per heavy atom. The van der Waals surface area contributed by atoms with Crippen LogP contribution < -0.4 is 15.4 Å². The highest BCUT2D eigenvalue weighted by molar-refractivity contribution is 14.0. The van der Waals surface area contributed by atoms with Crippen molar-refractivity contribution in [3.8, 4) is 5.88 Å². The van der Waals surface area contributed by atoms with Gasteiger partial charge < -0.3 is 15.4 Å². The topological polar surface area (TPSA) is 58.5 Å². The quantitative estimate of drug-likeness (QED) is 0.409. The first-order valence-corrected chi connectivity index (χ1v) is 7.39. The number of halogens is 2. The smallest absolute Gasteiger partial charge is 0.213 e. The standard InChI is InChI=1S/C17H21FN4O.HI/c1-19-17(21-9-6-13-4-3-5-15(18)10-13)22-12-14-7-8-20-16(11-14)23-2;/h3-5,7-8,10-11H,6,9,12H2,1-2H3,(H2,19,21,22);1H. The van der Waals surface area contributed by atoms with Crippen molar-refractivity contribution in [1.82, 2.24) is 15.6 Å². The fraction of sp³-hybridized carbons (Fsp3) is 0.294. The van der Waals surface area contributed by atoms with E-state index >= 15 is 0 Å². The number of ether oxygens (including phenoxy) is 1. The lowest BCUT2D eigenvalue weighted by Gasteiger charge is -2.12. The van der Waals surface area contributed by atoms with Crippen LogP contribution in [0.15, 0.2) is 47.6 Å². The molecule has 2 rings (SSSR count). The summed E-state index contributed by atoms with van der Waals surface area (Å²) in [5.41, 5.74) is 2.00. The van der Waals surface area contributed by atoms with Crippen LogP contribution in [0.3, 0.4) is 0 Å². The molecule has 0 aliphatic carbocycles. The van der Waals surface area contributed by atoms with Gasteiger partial charge in [-0.25, -0.2) is 9.37 Å². The van der Waals surface area contributed by atoms with Crippen molar-refractivity contribution >= 4 is 29.9 Å². The van der Waals surface area contributed by atoms with Gasteiger partial charge in [0.2, 0.25) is 5.88 Å². The van der Waals surface area contributed by atoms with Crippen LogP contribution in [-0.2, 0) is 13.0 Å². The van der Waals surface area contributed by atoms with Crippen molar-refractivity contribution < 1.29 is 9.13 Å². The minimum absolute atomic E-state index is 0. The molecule has 0 saturated heterocycles. The third-order valence-electron chi connectivity index (χ3n) is 3.29. The van der Waals surface area contributed by atoms with Crippen LogP contribution >= 0.6 is 24.0 Å². The highest BCUT2D eigenvalue weighted by Crippen LogP contribution is 2.08. The number of aliphatic imine (C=N–C) groups is 1. The number of aromatic nitrogens is 1. The third-order valence-corrected chi connectivity index (χ3v) is 3.29. The van der Waals surface area contributed by atoms with Gasteiger partial charge in [-0.2, -0.15) is 0 Å². The maximum absolute atomic E-state index is 13.1. The van der Waals surface area contributed by atoms with Gasteiger partial charge in [-0.05, 0) is 35.7 Å². The van der Waals surface area contributed by atoms with E-state index in [0.717, 1.165) is 17.5 Å². The highest BCUT2D eigenvalue weighted by atomic mass is 127. The summed E-state index contributed by atoms with van der Waals surface area (Å²) >= 11 is 0. The molecular formula is C17H22FIN4O. The van der Waals surface area contributed by atoms with Crippen LogP contribution in [0, 0.1) is 5.82 Å². The van der Waals surface area contributed by atoms with E-state index in [-0.39, 0.29) is 29.8 Å². The van der Waals surface area contributed by atoms with E-state index in [2.05, 4.69) is 20.6 Å². The second-order valence-electron chi connectivity index (χ2n) is 4.94. The largest absolute Gasteiger partial charge is 0.481 e. The predicted molar refractivity (Wildman–Crippen MR) is 105 cm³/mol. The highest BCUT2D eigenvalue weighted by Gasteiger charge is 2.01. The Labute approximate surface area is 158 Å². The number of rotatable bonds is 6. The molecule has 0 amide bonds. The van der Waals surface area contributed by atoms with Gasteiger partial charge in [-0.1, -0.05) is 12.1 Å². The normalized spacial score (nSPS) is 10.7. The molecule has 0 aliphatic heterocycles. The van der Waals surface area contributed by atoms with Crippen molar-refractivity contribution in [2.75, 3.05) is 20.7 Å². The van der Waals surface area contributed by atoms with Crippen molar-refractivity contribution in [2.24, 2.45) is 4.99 Å². The fourth-order valence-corrected chi connectivity index (χ4v) is 2.10. The first-order valence-electron chi connectivity index (χ1n) is 7.39. The number of guanidine groups is 1. The molecule has 0 saturated carbocycles. The van der Waals surface area contributed by atoms with Crippen molar-refractivity contribution in [1.29, 1.82) is 0 Å². The van der Waals surface area contributed by atoms with Crippen molar-refractivity contribution in [2.45, 2.75) is 13.0 Å². The van der Waals surface area contributed by atoms with E-state index in [0.29, 0.717) is 24.9 Å². The molecule has 0 fully saturated rings. The SMILES string of the molecule is CN=C(NCCc1cccc(F)c1)NCc1ccnc(OC)c1.I. The number of nitrogens with zero attached hydrogens (tertiary/aromatic N) is 2. The lowest BCUT2D eigenvalue weighted by atomic mass is 10.1. The Bertz CT molecular complexity index is 667. The molecule has 24 heavy (non-hydrogen) atoms. The Kier molecular flexibility index (Phi) is 9.06. The van der Waals surface area contributed by atoms with Crippen LogP contribution in [0.1, 0.15) is 11.1 Å². The summed E-state index contributed by atoms with van der Waals surface area (Å²) < 4.78 is 18.2. The molecule has 0 atom stereocenters. The van der Waals surface area contributed by atoms with Gasteiger partial charge in [0.15, 0.2) is 5.96 Å². The maximum Gasteiger partial charge on any atom is 0.213 e. The van der Waals surface area contributed by atoms with E-state index < -0.39 is 0 Å². The van der Waals surface area contributed by atoms with Gasteiger partial charge in [0.25, 0.3) is 0 Å². The van der Waals surface area contributed by atoms with Crippen LogP contribution in [-0.4, -0.2) is 31.6 Å². The average molecular weight is 444 g/mol. The number of benzene rings is 1. The predicted octanol–water partition coefficient (Wildman–Crippen LogP) is 2.76. The number of hydrogen-bond donors (Lipinski definition) is 2. The summed E-state index contributed by atoms with van der Waals surface area (Å²) in [6.07, 6.45) is 2.43. The lowest BCUT2D eigenvalue weighted by molar-refractivity contribution is 0.397. The van der Waals surface area contributed by atoms with Gasteiger partial charge in [-0.15, -0.1) is 24.0 Å². The number of nitrogens with one attached hydrogen (secondary N) is 2. The van der Waals surface area contributed by atoms with Gasteiger partial charge >= 0.3 is 0 Å². The molecule has 1 aromatic heterocycles. The molecular weight excluding hydrogens is 422 g/mol. The molecule has 2 N–H and O–H groups in total. The molecule has 0 spiro atoms. The minimum atomic E-state index is -0.211. The van der Waals surface area contributed by atoms with Crippen molar-refractivity contribution in [3.63, 3.8) is 0 Å². The third kappa shape index (κ3) is 6.69. The molecule has 0 bridgehead atoms. The Hall–Kier alpha value is -1.90. The summed E-state index contributed by atoms with van der Waals surface area (Å²) in [4.78, 5) is 8.24. The van der Waals surface area contributed by atoms with Gasteiger partial charge in [0.05, 0.1) is 7.11 Å². The van der Waals surface area contributed by atoms with Crippen LogP contribution in [0.4, 0.5) is 4.39 Å². The van der Waals surface area contributed by atoms with E-state index in [4.69, 9.17) is 4.74 Å². The Balaban J connectivity index is 0.00000288. The van der Waals surface area contributed by atoms with Crippen LogP contribution in [0.25, 0.3) is 0 Å². The molecule has 130 valence electrons. The lowest BCUT2D eigenvalue weighted by Crippen LogP contribution is -2.37. The van der Waals surface area contributed by atoms with Crippen LogP contribution in [0.5, 0.6) is 5.88 Å². The summed E-state index contributed by atoms with van der Waals surface area (Å²) in [5.74, 6) is 1.06. The minimum Gasteiger partial charge on any atom is -0.481 e. The molecule has 2 aromatic rings. The molecule has 0 unspecified atom stereocenters. The van der Waals surface area contributed by atoms with E-state index in [9.17, 15) is 4.39 Å². The van der Waals surface area contributed by atoms with Gasteiger partial charge in [-0.3, -0.25) is 4.99 Å². The molecule has 5 nitrogen and oxygen atoms in total. The van der Waals surface area contributed by atoms with E-state index in [1.807, 2.05) is 18.2 Å². The molecule has 1 aromatic carbocycles. The average Bonchev–Trinajstić information content (AvgIpc) is 2.58. The first-order chi connectivity index (χ1) is 11.2. The zero-order chi connectivity index (χ0) is 16.5. The zero-order valence-electron chi connectivity index (χ0n) is 13.8. The van der Waals surface area contributed by atoms with Crippen molar-refractivity contribution in [3.05, 3.63) is 59.5 Å². The summed E-state index contributed by atoms with van der Waals surface area (Å²) in [6, 6.07) is 10.4. The van der Waals surface area contributed by atoms with Gasteiger partial charge in [0.1, 0.15) is 5.82 Å². The van der Waals surface area contributed by atoms with E-state index in [1.54, 1.807) is 32.5 Å². The Morgan fingerprint density at radius 2 is 2.04 bits per heavy atom. The Morgan fingerprint density at radius 1 is 1.21 bits per heavy atom. The number of pyridine rings is 1. The second-order valence-corrected chi connectivity index (χ2v) is 4.94. The molecule has 1 heterocycles. The van der Waals surface area contributed by atoms with Gasteiger partial charge in [0, 0.05) is 32.4 Å². The monoisotopic (exact) mass is 444 g/mol. The number of hydrogen-bond acceptors (Lipinski definition) is 3. The summed E-state index contributed by atoms with van der Waals surface area (Å²) in [6.45, 7) is 1.28. The fourth-order valence-electron chi connectivity index (χ4n) is 2.10. The maximum atomic E-state index is 13.1. The summed E-state index contributed by atoms with van der Waals surface area (Å²) in [7, 11) is 3.30. The molecule has 0 aliphatic rings. The molecule has 0 radical (unpaired) electrons. The van der Waals surface area contributed by atoms with E-state index in [1.165, 1.54) is 6.07 Å². The second kappa shape index (κ2) is 10.8.